The van der Waals surface area contributed by atoms with Crippen molar-refractivity contribution in [3.05, 3.63) is 22.2 Å². The first-order valence-corrected chi connectivity index (χ1v) is 4.20. The Hall–Kier alpha value is -0.870. The molecule has 0 aliphatic rings. The second-order valence-electron chi connectivity index (χ2n) is 1.88. The Morgan fingerprint density at radius 3 is 3.00 bits per heavy atom. The molecule has 0 aromatic carbocycles. The van der Waals surface area contributed by atoms with Crippen LogP contribution in [0.5, 0.6) is 0 Å². The molecule has 0 unspecified atom stereocenters. The van der Waals surface area contributed by atoms with Gasteiger partial charge in [0.1, 0.15) is 0 Å². The van der Waals surface area contributed by atoms with E-state index >= 15 is 0 Å². The third-order valence-electron chi connectivity index (χ3n) is 1.18. The van der Waals surface area contributed by atoms with Gasteiger partial charge in [-0.2, -0.15) is 16.3 Å². The summed E-state index contributed by atoms with van der Waals surface area (Å²) < 4.78 is 4.60. The molecule has 56 valence electrons. The van der Waals surface area contributed by atoms with Crippen molar-refractivity contribution in [2.45, 2.75) is 0 Å². The summed E-state index contributed by atoms with van der Waals surface area (Å²) in [7, 11) is 0. The second-order valence-corrected chi connectivity index (χ2v) is 2.99. The molecule has 0 fully saturated rings. The average Bonchev–Trinajstić information content (AvgIpc) is 2.55. The fourth-order valence-corrected chi connectivity index (χ4v) is 1.46. The van der Waals surface area contributed by atoms with Crippen LogP contribution in [0.3, 0.4) is 0 Å². The van der Waals surface area contributed by atoms with E-state index in [4.69, 9.17) is 11.6 Å². The van der Waals surface area contributed by atoms with Crippen LogP contribution in [-0.4, -0.2) is 10.1 Å². The van der Waals surface area contributed by atoms with Gasteiger partial charge in [0.2, 0.25) is 5.82 Å². The molecule has 2 heterocycles. The zero-order valence-electron chi connectivity index (χ0n) is 5.32. The fraction of sp³-hybridized carbons (Fsp3) is 0. The molecule has 0 atom stereocenters. The molecule has 0 aliphatic carbocycles. The maximum atomic E-state index is 5.44. The predicted octanol–water partition coefficient (Wildman–Crippen LogP) is 2.45. The van der Waals surface area contributed by atoms with Crippen molar-refractivity contribution in [2.24, 2.45) is 0 Å². The summed E-state index contributed by atoms with van der Waals surface area (Å²) in [5.41, 5.74) is 0.936. The van der Waals surface area contributed by atoms with Crippen LogP contribution >= 0.6 is 22.9 Å². The van der Waals surface area contributed by atoms with Gasteiger partial charge < -0.3 is 4.52 Å². The highest BCUT2D eigenvalue weighted by Gasteiger charge is 2.05. The van der Waals surface area contributed by atoms with Gasteiger partial charge in [-0.15, -0.1) is 0 Å². The highest BCUT2D eigenvalue weighted by molar-refractivity contribution is 7.08. The van der Waals surface area contributed by atoms with Crippen LogP contribution in [0.2, 0.25) is 5.35 Å². The van der Waals surface area contributed by atoms with Gasteiger partial charge in [0, 0.05) is 10.9 Å². The van der Waals surface area contributed by atoms with E-state index < -0.39 is 0 Å². The largest absolute Gasteiger partial charge is 0.321 e. The monoisotopic (exact) mass is 186 g/mol. The second kappa shape index (κ2) is 2.64. The minimum Gasteiger partial charge on any atom is -0.321 e. The molecular weight excluding hydrogens is 184 g/mol. The molecule has 0 saturated heterocycles. The van der Waals surface area contributed by atoms with Crippen LogP contribution in [0.15, 0.2) is 21.3 Å². The molecule has 0 amide bonds. The summed E-state index contributed by atoms with van der Waals surface area (Å²) in [5.74, 6) is 0.538. The highest BCUT2D eigenvalue weighted by Crippen LogP contribution is 2.19. The van der Waals surface area contributed by atoms with Gasteiger partial charge in [0.15, 0.2) is 0 Å². The van der Waals surface area contributed by atoms with Crippen molar-refractivity contribution in [1.82, 2.24) is 10.1 Å². The quantitative estimate of drug-likeness (QED) is 0.687. The van der Waals surface area contributed by atoms with Crippen molar-refractivity contribution in [3.63, 3.8) is 0 Å². The standard InChI is InChI=1S/C6H3ClN2OS/c7-6-8-5(9-10-6)4-1-2-11-3-4/h1-3H. The summed E-state index contributed by atoms with van der Waals surface area (Å²) in [5, 5.41) is 7.60. The van der Waals surface area contributed by atoms with Crippen LogP contribution in [0, 0.1) is 0 Å². The maximum absolute atomic E-state index is 5.44. The van der Waals surface area contributed by atoms with Gasteiger partial charge in [-0.1, -0.05) is 5.16 Å². The van der Waals surface area contributed by atoms with Crippen molar-refractivity contribution < 1.29 is 4.52 Å². The Balaban J connectivity index is 2.45. The topological polar surface area (TPSA) is 38.9 Å². The first-order valence-electron chi connectivity index (χ1n) is 2.88. The van der Waals surface area contributed by atoms with Gasteiger partial charge in [0.05, 0.1) is 0 Å². The number of thiophene rings is 1. The van der Waals surface area contributed by atoms with E-state index in [-0.39, 0.29) is 5.35 Å². The normalized spacial score (nSPS) is 10.3. The van der Waals surface area contributed by atoms with Crippen molar-refractivity contribution in [1.29, 1.82) is 0 Å². The van der Waals surface area contributed by atoms with Crippen molar-refractivity contribution >= 4 is 22.9 Å². The van der Waals surface area contributed by atoms with Gasteiger partial charge in [-0.3, -0.25) is 0 Å². The van der Waals surface area contributed by atoms with E-state index in [2.05, 4.69) is 14.7 Å². The van der Waals surface area contributed by atoms with Crippen LogP contribution in [0.1, 0.15) is 0 Å². The summed E-state index contributed by atoms with van der Waals surface area (Å²) in [4.78, 5) is 3.85. The minimum atomic E-state index is 0.0752. The van der Waals surface area contributed by atoms with Crippen LogP contribution < -0.4 is 0 Å². The summed E-state index contributed by atoms with van der Waals surface area (Å²) in [6.07, 6.45) is 0. The molecule has 2 aromatic heterocycles. The van der Waals surface area contributed by atoms with Crippen molar-refractivity contribution in [2.75, 3.05) is 0 Å². The molecule has 0 saturated carbocycles. The highest BCUT2D eigenvalue weighted by atomic mass is 35.5. The maximum Gasteiger partial charge on any atom is 0.320 e. The lowest BCUT2D eigenvalue weighted by molar-refractivity contribution is 0.421. The molecule has 0 bridgehead atoms. The third kappa shape index (κ3) is 1.27. The summed E-state index contributed by atoms with van der Waals surface area (Å²) in [6.45, 7) is 0. The molecule has 3 nitrogen and oxygen atoms in total. The van der Waals surface area contributed by atoms with E-state index in [0.29, 0.717) is 5.82 Å². The summed E-state index contributed by atoms with van der Waals surface area (Å²) >= 11 is 7.02. The van der Waals surface area contributed by atoms with Crippen molar-refractivity contribution in [3.8, 4) is 11.4 Å². The van der Waals surface area contributed by atoms with E-state index in [1.165, 1.54) is 0 Å². The molecular formula is C6H3ClN2OS. The molecule has 0 N–H and O–H groups in total. The first-order chi connectivity index (χ1) is 5.36. The Bertz CT molecular complexity index is 343. The molecule has 11 heavy (non-hydrogen) atoms. The van der Waals surface area contributed by atoms with E-state index in [1.54, 1.807) is 11.3 Å². The molecule has 5 heteroatoms. The number of rotatable bonds is 1. The zero-order valence-corrected chi connectivity index (χ0v) is 6.89. The van der Waals surface area contributed by atoms with Gasteiger partial charge >= 0.3 is 5.35 Å². The fourth-order valence-electron chi connectivity index (χ4n) is 0.714. The number of halogens is 1. The Labute approximate surface area is 71.6 Å². The number of hydrogen-bond acceptors (Lipinski definition) is 4. The Morgan fingerprint density at radius 1 is 1.55 bits per heavy atom. The first kappa shape index (κ1) is 6.82. The lowest BCUT2D eigenvalue weighted by atomic mass is 10.3. The number of hydrogen-bond donors (Lipinski definition) is 0. The van der Waals surface area contributed by atoms with E-state index in [0.717, 1.165) is 5.56 Å². The lowest BCUT2D eigenvalue weighted by Crippen LogP contribution is -1.73. The SMILES string of the molecule is Clc1nc(-c2ccsc2)no1. The molecule has 0 aliphatic heterocycles. The Kier molecular flexibility index (Phi) is 1.63. The molecule has 2 aromatic rings. The van der Waals surface area contributed by atoms with Gasteiger partial charge in [-0.25, -0.2) is 0 Å². The average molecular weight is 187 g/mol. The smallest absolute Gasteiger partial charge is 0.320 e. The number of nitrogens with zero attached hydrogens (tertiary/aromatic N) is 2. The van der Waals surface area contributed by atoms with E-state index in [1.807, 2.05) is 16.8 Å². The van der Waals surface area contributed by atoms with Crippen LogP contribution in [0.25, 0.3) is 11.4 Å². The van der Waals surface area contributed by atoms with E-state index in [9.17, 15) is 0 Å². The molecule has 0 spiro atoms. The lowest BCUT2D eigenvalue weighted by Gasteiger charge is -1.80. The van der Waals surface area contributed by atoms with Crippen LogP contribution in [0.4, 0.5) is 0 Å². The summed E-state index contributed by atoms with van der Waals surface area (Å²) in [6, 6.07) is 1.91. The predicted molar refractivity (Wildman–Crippen MR) is 42.6 cm³/mol. The number of aromatic nitrogens is 2. The molecule has 0 radical (unpaired) electrons. The van der Waals surface area contributed by atoms with Crippen LogP contribution in [-0.2, 0) is 0 Å². The van der Waals surface area contributed by atoms with Gasteiger partial charge in [-0.05, 0) is 23.0 Å². The minimum absolute atomic E-state index is 0.0752. The zero-order chi connectivity index (χ0) is 7.68. The third-order valence-corrected chi connectivity index (χ3v) is 2.02. The van der Waals surface area contributed by atoms with Gasteiger partial charge in [0.25, 0.3) is 0 Å². The molecule has 2 rings (SSSR count). The Morgan fingerprint density at radius 2 is 2.45 bits per heavy atom.